The molecule has 0 atom stereocenters. The minimum Gasteiger partial charge on any atom is -0.372 e. The van der Waals surface area contributed by atoms with Gasteiger partial charge in [-0.25, -0.2) is 4.98 Å². The number of hydrogen-bond donors (Lipinski definition) is 1. The first-order valence-corrected chi connectivity index (χ1v) is 11.8. The Balaban J connectivity index is 1.47. The maximum Gasteiger partial charge on any atom is 0.262 e. The van der Waals surface area contributed by atoms with Crippen molar-refractivity contribution in [2.45, 2.75) is 44.8 Å². The van der Waals surface area contributed by atoms with Crippen molar-refractivity contribution < 1.29 is 4.79 Å². The lowest BCUT2D eigenvalue weighted by molar-refractivity contribution is -0.113. The number of rotatable bonds is 7. The predicted octanol–water partition coefficient (Wildman–Crippen LogP) is 4.45. The van der Waals surface area contributed by atoms with E-state index in [1.807, 2.05) is 38.1 Å². The Kier molecular flexibility index (Phi) is 6.61. The van der Waals surface area contributed by atoms with Crippen LogP contribution in [0.5, 0.6) is 0 Å². The van der Waals surface area contributed by atoms with Gasteiger partial charge in [-0.1, -0.05) is 30.8 Å². The number of fused-ring (bicyclic) bond motifs is 1. The number of carbonyl (C=O) groups is 1. The van der Waals surface area contributed by atoms with Gasteiger partial charge < -0.3 is 10.2 Å². The number of hydrogen-bond acceptors (Lipinski definition) is 5. The largest absolute Gasteiger partial charge is 0.372 e. The van der Waals surface area contributed by atoms with Crippen LogP contribution >= 0.6 is 11.8 Å². The highest BCUT2D eigenvalue weighted by atomic mass is 32.2. The number of carbonyl (C=O) groups excluding carboxylic acids is 1. The topological polar surface area (TPSA) is 67.2 Å². The summed E-state index contributed by atoms with van der Waals surface area (Å²) < 4.78 is 1.68. The number of thioether (sulfide) groups is 1. The zero-order valence-electron chi connectivity index (χ0n) is 18.1. The molecular weight excluding hydrogens is 408 g/mol. The highest BCUT2D eigenvalue weighted by Crippen LogP contribution is 2.26. The van der Waals surface area contributed by atoms with Gasteiger partial charge in [0.2, 0.25) is 5.91 Å². The fourth-order valence-electron chi connectivity index (χ4n) is 3.96. The van der Waals surface area contributed by atoms with Crippen molar-refractivity contribution in [3.63, 3.8) is 0 Å². The maximum atomic E-state index is 12.9. The Morgan fingerprint density at radius 2 is 1.94 bits per heavy atom. The quantitative estimate of drug-likeness (QED) is 0.438. The van der Waals surface area contributed by atoms with Crippen LogP contribution in [0.2, 0.25) is 0 Å². The van der Waals surface area contributed by atoms with Crippen molar-refractivity contribution in [2.75, 3.05) is 29.1 Å². The molecule has 0 spiro atoms. The van der Waals surface area contributed by atoms with Crippen molar-refractivity contribution in [1.82, 2.24) is 9.55 Å². The van der Waals surface area contributed by atoms with E-state index in [1.54, 1.807) is 10.6 Å². The van der Waals surface area contributed by atoms with E-state index in [4.69, 9.17) is 0 Å². The number of nitrogens with zero attached hydrogens (tertiary/aromatic N) is 3. The van der Waals surface area contributed by atoms with Gasteiger partial charge in [0.25, 0.3) is 5.56 Å². The third-order valence-electron chi connectivity index (χ3n) is 5.56. The highest BCUT2D eigenvalue weighted by molar-refractivity contribution is 7.99. The van der Waals surface area contributed by atoms with Crippen LogP contribution in [0.25, 0.3) is 10.9 Å². The monoisotopic (exact) mass is 436 g/mol. The van der Waals surface area contributed by atoms with Crippen LogP contribution in [0.4, 0.5) is 11.4 Å². The molecule has 1 N–H and O–H groups in total. The van der Waals surface area contributed by atoms with E-state index in [2.05, 4.69) is 27.3 Å². The van der Waals surface area contributed by atoms with Crippen molar-refractivity contribution >= 4 is 39.9 Å². The van der Waals surface area contributed by atoms with E-state index in [1.165, 1.54) is 30.3 Å². The Morgan fingerprint density at radius 3 is 2.68 bits per heavy atom. The van der Waals surface area contributed by atoms with E-state index in [-0.39, 0.29) is 17.2 Å². The molecule has 31 heavy (non-hydrogen) atoms. The molecule has 0 aliphatic carbocycles. The summed E-state index contributed by atoms with van der Waals surface area (Å²) in [6.07, 6.45) is 3.30. The summed E-state index contributed by atoms with van der Waals surface area (Å²) in [6.45, 7) is 6.82. The molecule has 1 saturated heterocycles. The molecule has 2 heterocycles. The van der Waals surface area contributed by atoms with E-state index < -0.39 is 0 Å². The van der Waals surface area contributed by atoms with Crippen molar-refractivity contribution in [3.8, 4) is 0 Å². The molecule has 1 aliphatic heterocycles. The SMILES string of the molecule is CCCn1c(SCC(=O)Nc2ccc(N3CCCC3)cc2C)nc2ccccc2c1=O. The molecule has 0 bridgehead atoms. The summed E-state index contributed by atoms with van der Waals surface area (Å²) >= 11 is 1.30. The lowest BCUT2D eigenvalue weighted by atomic mass is 10.1. The van der Waals surface area contributed by atoms with E-state index in [9.17, 15) is 9.59 Å². The van der Waals surface area contributed by atoms with Gasteiger partial charge in [0.1, 0.15) is 0 Å². The molecule has 0 radical (unpaired) electrons. The van der Waals surface area contributed by atoms with Crippen LogP contribution in [0.3, 0.4) is 0 Å². The average molecular weight is 437 g/mol. The van der Waals surface area contributed by atoms with E-state index >= 15 is 0 Å². The van der Waals surface area contributed by atoms with Gasteiger partial charge in [0.05, 0.1) is 16.7 Å². The zero-order valence-corrected chi connectivity index (χ0v) is 18.9. The molecule has 2 aromatic carbocycles. The molecule has 162 valence electrons. The van der Waals surface area contributed by atoms with Crippen molar-refractivity contribution in [1.29, 1.82) is 0 Å². The number of para-hydroxylation sites is 1. The first-order valence-electron chi connectivity index (χ1n) is 10.8. The summed E-state index contributed by atoms with van der Waals surface area (Å²) in [5.41, 5.74) is 3.70. The maximum absolute atomic E-state index is 12.9. The van der Waals surface area contributed by atoms with Crippen LogP contribution in [0.15, 0.2) is 52.4 Å². The van der Waals surface area contributed by atoms with Gasteiger partial charge in [-0.15, -0.1) is 0 Å². The Bertz CT molecular complexity index is 1150. The Morgan fingerprint density at radius 1 is 1.16 bits per heavy atom. The summed E-state index contributed by atoms with van der Waals surface area (Å²) in [7, 11) is 0. The molecular formula is C24H28N4O2S. The lowest BCUT2D eigenvalue weighted by Crippen LogP contribution is -2.24. The van der Waals surface area contributed by atoms with Crippen LogP contribution in [0.1, 0.15) is 31.7 Å². The van der Waals surface area contributed by atoms with E-state index in [0.717, 1.165) is 30.8 Å². The van der Waals surface area contributed by atoms with Crippen LogP contribution in [-0.4, -0.2) is 34.3 Å². The Hall–Kier alpha value is -2.80. The third kappa shape index (κ3) is 4.77. The first-order chi connectivity index (χ1) is 15.1. The second-order valence-corrected chi connectivity index (χ2v) is 8.84. The normalized spacial score (nSPS) is 13.7. The number of amides is 1. The molecule has 4 rings (SSSR count). The van der Waals surface area contributed by atoms with E-state index in [0.29, 0.717) is 22.6 Å². The summed E-state index contributed by atoms with van der Waals surface area (Å²) in [5, 5.41) is 4.20. The minimum absolute atomic E-state index is 0.0521. The second-order valence-electron chi connectivity index (χ2n) is 7.90. The molecule has 1 fully saturated rings. The molecule has 0 unspecified atom stereocenters. The predicted molar refractivity (Wildman–Crippen MR) is 128 cm³/mol. The van der Waals surface area contributed by atoms with Crippen LogP contribution in [-0.2, 0) is 11.3 Å². The van der Waals surface area contributed by atoms with Crippen LogP contribution in [0, 0.1) is 6.92 Å². The number of aromatic nitrogens is 2. The van der Waals surface area contributed by atoms with Gasteiger partial charge in [0.15, 0.2) is 5.16 Å². The second kappa shape index (κ2) is 9.56. The molecule has 1 amide bonds. The molecule has 3 aromatic rings. The van der Waals surface area contributed by atoms with Crippen molar-refractivity contribution in [2.24, 2.45) is 0 Å². The highest BCUT2D eigenvalue weighted by Gasteiger charge is 2.15. The number of benzene rings is 2. The number of anilines is 2. The molecule has 1 aromatic heterocycles. The zero-order chi connectivity index (χ0) is 21.8. The molecule has 1 aliphatic rings. The minimum atomic E-state index is -0.104. The number of nitrogens with one attached hydrogen (secondary N) is 1. The fraction of sp³-hybridized carbons (Fsp3) is 0.375. The van der Waals surface area contributed by atoms with Crippen molar-refractivity contribution in [3.05, 3.63) is 58.4 Å². The van der Waals surface area contributed by atoms with Gasteiger partial charge in [0, 0.05) is 31.0 Å². The number of aryl methyl sites for hydroxylation is 1. The first kappa shape index (κ1) is 21.4. The standard InChI is InChI=1S/C24H28N4O2S/c1-3-12-28-23(30)19-8-4-5-9-21(19)26-24(28)31-16-22(29)25-20-11-10-18(15-17(20)2)27-13-6-7-14-27/h4-5,8-11,15H,3,6-7,12-14,16H2,1-2H3,(H,25,29). The fourth-order valence-corrected chi connectivity index (χ4v) is 4.78. The molecule has 0 saturated carbocycles. The van der Waals surface area contributed by atoms with Gasteiger partial charge in [-0.05, 0) is 62.1 Å². The van der Waals surface area contributed by atoms with Crippen LogP contribution < -0.4 is 15.8 Å². The summed E-state index contributed by atoms with van der Waals surface area (Å²) in [6, 6.07) is 13.5. The van der Waals surface area contributed by atoms with Gasteiger partial charge in [-0.2, -0.15) is 0 Å². The summed E-state index contributed by atoms with van der Waals surface area (Å²) in [4.78, 5) is 32.5. The molecule has 7 heteroatoms. The smallest absolute Gasteiger partial charge is 0.262 e. The lowest BCUT2D eigenvalue weighted by Gasteiger charge is -2.19. The van der Waals surface area contributed by atoms with Gasteiger partial charge in [-0.3, -0.25) is 14.2 Å². The third-order valence-corrected chi connectivity index (χ3v) is 6.54. The Labute approximate surface area is 186 Å². The summed E-state index contributed by atoms with van der Waals surface area (Å²) in [5.74, 6) is 0.0921. The molecule has 6 nitrogen and oxygen atoms in total. The van der Waals surface area contributed by atoms with Gasteiger partial charge >= 0.3 is 0 Å². The average Bonchev–Trinajstić information content (AvgIpc) is 3.31.